The van der Waals surface area contributed by atoms with Crippen molar-refractivity contribution in [3.8, 4) is 11.3 Å². The van der Waals surface area contributed by atoms with E-state index in [0.29, 0.717) is 17.2 Å². The van der Waals surface area contributed by atoms with Crippen LogP contribution in [0, 0.1) is 6.92 Å². The number of anilines is 2. The van der Waals surface area contributed by atoms with Crippen LogP contribution in [0.1, 0.15) is 38.9 Å². The monoisotopic (exact) mass is 531 g/mol. The van der Waals surface area contributed by atoms with Crippen LogP contribution < -0.4 is 10.6 Å². The number of carbonyl (C=O) groups excluding carboxylic acids is 2. The third kappa shape index (κ3) is 6.44. The standard InChI is InChI=1S/C28H25N3O4S2/c1-3-23(26(33)31-28-30-24(17(2)36-28)18-10-5-4-6-11-18)37-20-13-9-12-19(16-20)29-25(32)21-14-7-8-15-22(21)27(34)35/h4-16,23H,3H2,1-2H3,(H,29,32)(H,34,35)(H,30,31,33). The Morgan fingerprint density at radius 1 is 0.946 bits per heavy atom. The molecule has 7 nitrogen and oxygen atoms in total. The van der Waals surface area contributed by atoms with Gasteiger partial charge in [-0.15, -0.1) is 23.1 Å². The molecule has 3 N–H and O–H groups in total. The van der Waals surface area contributed by atoms with Gasteiger partial charge in [0, 0.05) is 21.0 Å². The van der Waals surface area contributed by atoms with Crippen molar-refractivity contribution in [1.29, 1.82) is 0 Å². The number of carbonyl (C=O) groups is 3. The zero-order chi connectivity index (χ0) is 26.4. The highest BCUT2D eigenvalue weighted by molar-refractivity contribution is 8.00. The molecule has 0 radical (unpaired) electrons. The minimum absolute atomic E-state index is 0.0684. The predicted octanol–water partition coefficient (Wildman–Crippen LogP) is 6.58. The van der Waals surface area contributed by atoms with Crippen LogP contribution in [-0.2, 0) is 4.79 Å². The van der Waals surface area contributed by atoms with Crippen LogP contribution in [-0.4, -0.2) is 33.1 Å². The molecule has 3 aromatic carbocycles. The molecule has 0 aliphatic rings. The fraction of sp³-hybridized carbons (Fsp3) is 0.143. The zero-order valence-corrected chi connectivity index (χ0v) is 21.9. The van der Waals surface area contributed by atoms with Crippen molar-refractivity contribution in [1.82, 2.24) is 4.98 Å². The fourth-order valence-electron chi connectivity index (χ4n) is 3.70. The molecule has 37 heavy (non-hydrogen) atoms. The molecule has 9 heteroatoms. The SMILES string of the molecule is CCC(Sc1cccc(NC(=O)c2ccccc2C(=O)O)c1)C(=O)Nc1nc(-c2ccccc2)c(C)s1. The van der Waals surface area contributed by atoms with E-state index in [1.807, 2.05) is 50.2 Å². The Labute approximate surface area is 223 Å². The van der Waals surface area contributed by atoms with Crippen molar-refractivity contribution in [3.05, 3.63) is 94.9 Å². The van der Waals surface area contributed by atoms with Gasteiger partial charge in [-0.1, -0.05) is 55.5 Å². The van der Waals surface area contributed by atoms with Crippen LogP contribution in [0.25, 0.3) is 11.3 Å². The van der Waals surface area contributed by atoms with E-state index in [9.17, 15) is 19.5 Å². The quantitative estimate of drug-likeness (QED) is 0.211. The molecule has 4 aromatic rings. The van der Waals surface area contributed by atoms with Crippen molar-refractivity contribution in [3.63, 3.8) is 0 Å². The summed E-state index contributed by atoms with van der Waals surface area (Å²) in [6.45, 7) is 3.92. The highest BCUT2D eigenvalue weighted by Gasteiger charge is 2.21. The Kier molecular flexibility index (Phi) is 8.37. The summed E-state index contributed by atoms with van der Waals surface area (Å²) in [5.41, 5.74) is 2.37. The Hall–Kier alpha value is -3.95. The molecule has 0 aliphatic carbocycles. The summed E-state index contributed by atoms with van der Waals surface area (Å²) in [4.78, 5) is 43.7. The van der Waals surface area contributed by atoms with Crippen molar-refractivity contribution < 1.29 is 19.5 Å². The van der Waals surface area contributed by atoms with Crippen molar-refractivity contribution in [2.75, 3.05) is 10.6 Å². The summed E-state index contributed by atoms with van der Waals surface area (Å²) in [5.74, 6) is -1.83. The molecular formula is C28H25N3O4S2. The Morgan fingerprint density at radius 3 is 2.35 bits per heavy atom. The maximum Gasteiger partial charge on any atom is 0.336 e. The van der Waals surface area contributed by atoms with Gasteiger partial charge in [0.1, 0.15) is 0 Å². The molecule has 4 rings (SSSR count). The molecule has 0 bridgehead atoms. The molecule has 1 heterocycles. The maximum atomic E-state index is 13.1. The van der Waals surface area contributed by atoms with E-state index in [1.54, 1.807) is 30.3 Å². The number of aromatic carboxylic acids is 1. The summed E-state index contributed by atoms with van der Waals surface area (Å²) < 4.78 is 0. The van der Waals surface area contributed by atoms with Crippen LogP contribution in [0.15, 0.2) is 83.8 Å². The molecule has 1 unspecified atom stereocenters. The highest BCUT2D eigenvalue weighted by Crippen LogP contribution is 2.32. The molecule has 2 amide bonds. The third-order valence-electron chi connectivity index (χ3n) is 5.51. The first-order valence-corrected chi connectivity index (χ1v) is 13.3. The Balaban J connectivity index is 1.44. The number of hydrogen-bond donors (Lipinski definition) is 3. The largest absolute Gasteiger partial charge is 0.478 e. The molecule has 1 aromatic heterocycles. The van der Waals surface area contributed by atoms with E-state index >= 15 is 0 Å². The van der Waals surface area contributed by atoms with Gasteiger partial charge in [0.25, 0.3) is 5.91 Å². The van der Waals surface area contributed by atoms with E-state index in [1.165, 1.54) is 35.2 Å². The van der Waals surface area contributed by atoms with Gasteiger partial charge in [0.15, 0.2) is 5.13 Å². The van der Waals surface area contributed by atoms with Crippen molar-refractivity contribution in [2.24, 2.45) is 0 Å². The number of hydrogen-bond acceptors (Lipinski definition) is 6. The Bertz CT molecular complexity index is 1440. The first-order chi connectivity index (χ1) is 17.9. The summed E-state index contributed by atoms with van der Waals surface area (Å²) in [7, 11) is 0. The topological polar surface area (TPSA) is 108 Å². The number of thiazole rings is 1. The van der Waals surface area contributed by atoms with Gasteiger partial charge in [-0.2, -0.15) is 0 Å². The van der Waals surface area contributed by atoms with Crippen LogP contribution in [0.5, 0.6) is 0 Å². The van der Waals surface area contributed by atoms with Gasteiger partial charge in [-0.3, -0.25) is 9.59 Å². The van der Waals surface area contributed by atoms with E-state index < -0.39 is 11.9 Å². The second-order valence-corrected chi connectivity index (χ2v) is 10.6. The number of thioether (sulfide) groups is 1. The van der Waals surface area contributed by atoms with Crippen LogP contribution in [0.4, 0.5) is 10.8 Å². The number of aryl methyl sites for hydroxylation is 1. The lowest BCUT2D eigenvalue weighted by molar-refractivity contribution is -0.115. The summed E-state index contributed by atoms with van der Waals surface area (Å²) in [6.07, 6.45) is 0.592. The maximum absolute atomic E-state index is 13.1. The first-order valence-electron chi connectivity index (χ1n) is 11.6. The number of nitrogens with zero attached hydrogens (tertiary/aromatic N) is 1. The number of aromatic nitrogens is 1. The molecule has 0 saturated heterocycles. The van der Waals surface area contributed by atoms with Gasteiger partial charge >= 0.3 is 5.97 Å². The van der Waals surface area contributed by atoms with E-state index in [-0.39, 0.29) is 22.3 Å². The first kappa shape index (κ1) is 26.1. The normalized spacial score (nSPS) is 11.5. The average Bonchev–Trinajstić information content (AvgIpc) is 3.27. The average molecular weight is 532 g/mol. The number of rotatable bonds is 9. The van der Waals surface area contributed by atoms with Crippen molar-refractivity contribution >= 4 is 51.7 Å². The van der Waals surface area contributed by atoms with E-state index in [2.05, 4.69) is 15.6 Å². The van der Waals surface area contributed by atoms with Gasteiger partial charge in [0.05, 0.1) is 22.1 Å². The number of benzene rings is 3. The second kappa shape index (κ2) is 11.9. The van der Waals surface area contributed by atoms with Gasteiger partial charge in [-0.05, 0) is 43.7 Å². The van der Waals surface area contributed by atoms with Crippen molar-refractivity contribution in [2.45, 2.75) is 30.4 Å². The van der Waals surface area contributed by atoms with Crippen LogP contribution in [0.2, 0.25) is 0 Å². The lowest BCUT2D eigenvalue weighted by atomic mass is 10.1. The smallest absolute Gasteiger partial charge is 0.336 e. The van der Waals surface area contributed by atoms with Gasteiger partial charge in [0.2, 0.25) is 5.91 Å². The summed E-state index contributed by atoms with van der Waals surface area (Å²) >= 11 is 2.83. The minimum atomic E-state index is -1.17. The van der Waals surface area contributed by atoms with Gasteiger partial charge in [-0.25, -0.2) is 9.78 Å². The number of amides is 2. The van der Waals surface area contributed by atoms with E-state index in [0.717, 1.165) is 21.0 Å². The predicted molar refractivity (Wildman–Crippen MR) is 149 cm³/mol. The molecular weight excluding hydrogens is 506 g/mol. The second-order valence-electron chi connectivity index (χ2n) is 8.13. The summed E-state index contributed by atoms with van der Waals surface area (Å²) in [6, 6.07) is 23.0. The highest BCUT2D eigenvalue weighted by atomic mass is 32.2. The number of carboxylic acids is 1. The van der Waals surface area contributed by atoms with Crippen LogP contribution in [0.3, 0.4) is 0 Å². The van der Waals surface area contributed by atoms with E-state index in [4.69, 9.17) is 0 Å². The molecule has 0 fully saturated rings. The fourth-order valence-corrected chi connectivity index (χ4v) is 5.55. The van der Waals surface area contributed by atoms with Crippen LogP contribution >= 0.6 is 23.1 Å². The molecule has 188 valence electrons. The van der Waals surface area contributed by atoms with Gasteiger partial charge < -0.3 is 15.7 Å². The third-order valence-corrected chi connectivity index (χ3v) is 7.75. The Morgan fingerprint density at radius 2 is 1.65 bits per heavy atom. The zero-order valence-electron chi connectivity index (χ0n) is 20.2. The minimum Gasteiger partial charge on any atom is -0.478 e. The molecule has 0 spiro atoms. The number of nitrogens with one attached hydrogen (secondary N) is 2. The summed E-state index contributed by atoms with van der Waals surface area (Å²) in [5, 5.41) is 15.2. The lowest BCUT2D eigenvalue weighted by Crippen LogP contribution is -2.24. The molecule has 1 atom stereocenters. The molecule has 0 aliphatic heterocycles. The number of carboxylic acid groups (broad SMARTS) is 1. The lowest BCUT2D eigenvalue weighted by Gasteiger charge is -2.14. The molecule has 0 saturated carbocycles.